The van der Waals surface area contributed by atoms with E-state index in [0.29, 0.717) is 22.6 Å². The lowest BCUT2D eigenvalue weighted by atomic mass is 9.89. The van der Waals surface area contributed by atoms with E-state index in [-0.39, 0.29) is 11.3 Å². The first-order chi connectivity index (χ1) is 12.5. The predicted molar refractivity (Wildman–Crippen MR) is 91.2 cm³/mol. The van der Waals surface area contributed by atoms with Gasteiger partial charge in [0.15, 0.2) is 11.5 Å². The van der Waals surface area contributed by atoms with Gasteiger partial charge in [-0.2, -0.15) is 5.26 Å². The van der Waals surface area contributed by atoms with Crippen LogP contribution in [0.25, 0.3) is 0 Å². The zero-order chi connectivity index (χ0) is 19.3. The van der Waals surface area contributed by atoms with Crippen LogP contribution in [-0.4, -0.2) is 32.2 Å². The summed E-state index contributed by atoms with van der Waals surface area (Å²) in [6.07, 6.45) is 0. The largest absolute Gasteiger partial charge is 0.493 e. The van der Waals surface area contributed by atoms with E-state index in [4.69, 9.17) is 14.2 Å². The van der Waals surface area contributed by atoms with Crippen molar-refractivity contribution in [3.8, 4) is 17.6 Å². The van der Waals surface area contributed by atoms with Gasteiger partial charge in [-0.3, -0.25) is 14.9 Å². The third-order valence-electron chi connectivity index (χ3n) is 3.85. The Kier molecular flexibility index (Phi) is 5.75. The molecule has 0 unspecified atom stereocenters. The summed E-state index contributed by atoms with van der Waals surface area (Å²) in [7, 11) is 4.20. The summed E-state index contributed by atoms with van der Waals surface area (Å²) < 4.78 is 15.3. The summed E-state index contributed by atoms with van der Waals surface area (Å²) in [4.78, 5) is 22.7. The van der Waals surface area contributed by atoms with Crippen LogP contribution in [0.5, 0.6) is 11.5 Å². The molecule has 0 bridgehead atoms. The summed E-state index contributed by atoms with van der Waals surface area (Å²) >= 11 is 0. The maximum absolute atomic E-state index is 12.4. The second-order valence-corrected chi connectivity index (χ2v) is 5.22. The molecule has 0 aliphatic rings. The highest BCUT2D eigenvalue weighted by Gasteiger charge is 2.27. The number of rotatable bonds is 6. The molecule has 0 saturated carbocycles. The third kappa shape index (κ3) is 3.57. The van der Waals surface area contributed by atoms with E-state index in [1.807, 2.05) is 0 Å². The Balaban J connectivity index is 2.61. The van der Waals surface area contributed by atoms with E-state index >= 15 is 0 Å². The monoisotopic (exact) mass is 356 g/mol. The molecule has 8 nitrogen and oxygen atoms in total. The average molecular weight is 356 g/mol. The molecule has 0 heterocycles. The molecule has 0 spiro atoms. The van der Waals surface area contributed by atoms with Crippen molar-refractivity contribution in [1.82, 2.24) is 0 Å². The van der Waals surface area contributed by atoms with Gasteiger partial charge in [-0.25, -0.2) is 0 Å². The van der Waals surface area contributed by atoms with Gasteiger partial charge in [0.1, 0.15) is 17.6 Å². The fraction of sp³-hybridized carbons (Fsp3) is 0.222. The molecule has 0 aliphatic carbocycles. The van der Waals surface area contributed by atoms with Crippen LogP contribution >= 0.6 is 0 Å². The molecule has 8 heteroatoms. The molecule has 0 amide bonds. The Labute approximate surface area is 149 Å². The van der Waals surface area contributed by atoms with Crippen LogP contribution in [0.15, 0.2) is 36.4 Å². The van der Waals surface area contributed by atoms with Crippen LogP contribution < -0.4 is 9.47 Å². The fourth-order valence-corrected chi connectivity index (χ4v) is 2.60. The van der Waals surface area contributed by atoms with Gasteiger partial charge in [-0.05, 0) is 29.3 Å². The van der Waals surface area contributed by atoms with Gasteiger partial charge >= 0.3 is 5.97 Å². The fourth-order valence-electron chi connectivity index (χ4n) is 2.60. The molecular formula is C18H16N2O6. The van der Waals surface area contributed by atoms with Crippen LogP contribution in [0, 0.1) is 21.4 Å². The third-order valence-corrected chi connectivity index (χ3v) is 3.85. The number of nitriles is 1. The molecule has 0 radical (unpaired) electrons. The number of hydrogen-bond donors (Lipinski definition) is 0. The lowest BCUT2D eigenvalue weighted by Gasteiger charge is -2.17. The molecule has 0 aromatic heterocycles. The van der Waals surface area contributed by atoms with Gasteiger partial charge in [-0.1, -0.05) is 12.1 Å². The number of hydrogen-bond acceptors (Lipinski definition) is 7. The number of methoxy groups -OCH3 is 3. The second-order valence-electron chi connectivity index (χ2n) is 5.22. The van der Waals surface area contributed by atoms with Gasteiger partial charge < -0.3 is 14.2 Å². The van der Waals surface area contributed by atoms with Gasteiger partial charge in [0.25, 0.3) is 5.69 Å². The Morgan fingerprint density at radius 1 is 1.08 bits per heavy atom. The van der Waals surface area contributed by atoms with E-state index in [0.717, 1.165) is 0 Å². The summed E-state index contributed by atoms with van der Waals surface area (Å²) in [6.45, 7) is 0. The summed E-state index contributed by atoms with van der Waals surface area (Å²) in [5.41, 5.74) is 0.465. The average Bonchev–Trinajstić information content (AvgIpc) is 2.67. The molecule has 0 fully saturated rings. The number of nitro groups is 1. The molecule has 0 N–H and O–H groups in total. The van der Waals surface area contributed by atoms with Crippen molar-refractivity contribution in [1.29, 1.82) is 5.26 Å². The molecule has 2 aromatic carbocycles. The van der Waals surface area contributed by atoms with Crippen molar-refractivity contribution in [2.75, 3.05) is 21.3 Å². The molecule has 0 saturated heterocycles. The SMILES string of the molecule is COC(=O)[C@H](c1ccc([N+](=O)[O-])c(C#N)c1)c1ccc(OC)c(OC)c1. The molecule has 2 rings (SSSR count). The number of nitrogens with zero attached hydrogens (tertiary/aromatic N) is 2. The van der Waals surface area contributed by atoms with Crippen molar-refractivity contribution in [2.24, 2.45) is 0 Å². The maximum Gasteiger partial charge on any atom is 0.317 e. The Bertz CT molecular complexity index is 888. The number of ether oxygens (including phenoxy) is 3. The molecular weight excluding hydrogens is 340 g/mol. The first-order valence-corrected chi connectivity index (χ1v) is 7.45. The minimum atomic E-state index is -0.882. The van der Waals surface area contributed by atoms with E-state index in [1.165, 1.54) is 39.5 Å². The number of esters is 1. The van der Waals surface area contributed by atoms with Gasteiger partial charge in [0.05, 0.1) is 26.3 Å². The van der Waals surface area contributed by atoms with Gasteiger partial charge in [-0.15, -0.1) is 0 Å². The summed E-state index contributed by atoms with van der Waals surface area (Å²) in [6, 6.07) is 10.6. The Morgan fingerprint density at radius 2 is 1.69 bits per heavy atom. The predicted octanol–water partition coefficient (Wildman–Crippen LogP) is 2.79. The number of carbonyl (C=O) groups excluding carboxylic acids is 1. The van der Waals surface area contributed by atoms with Crippen molar-refractivity contribution in [3.63, 3.8) is 0 Å². The van der Waals surface area contributed by atoms with E-state index in [1.54, 1.807) is 24.3 Å². The van der Waals surface area contributed by atoms with Crippen LogP contribution in [0.1, 0.15) is 22.6 Å². The van der Waals surface area contributed by atoms with Crippen LogP contribution in [-0.2, 0) is 9.53 Å². The zero-order valence-electron chi connectivity index (χ0n) is 14.4. The van der Waals surface area contributed by atoms with Crippen molar-refractivity contribution < 1.29 is 23.9 Å². The van der Waals surface area contributed by atoms with Gasteiger partial charge in [0, 0.05) is 6.07 Å². The molecule has 134 valence electrons. The first kappa shape index (κ1) is 18.7. The van der Waals surface area contributed by atoms with E-state index in [9.17, 15) is 20.2 Å². The zero-order valence-corrected chi connectivity index (χ0v) is 14.4. The summed E-state index contributed by atoms with van der Waals surface area (Å²) in [5.74, 6) is -0.551. The topological polar surface area (TPSA) is 112 Å². The molecule has 1 atom stereocenters. The Hall–Kier alpha value is -3.60. The highest BCUT2D eigenvalue weighted by Crippen LogP contribution is 2.35. The minimum Gasteiger partial charge on any atom is -0.493 e. The number of carbonyl (C=O) groups is 1. The number of nitro benzene ring substituents is 1. The van der Waals surface area contributed by atoms with Gasteiger partial charge in [0.2, 0.25) is 0 Å². The molecule has 2 aromatic rings. The lowest BCUT2D eigenvalue weighted by Crippen LogP contribution is -2.16. The standard InChI is InChI=1S/C18H16N2O6/c1-24-15-7-5-12(9-16(15)25-2)17(18(21)26-3)11-4-6-14(20(22)23)13(8-11)10-19/h4-9,17H,1-3H3/t17-/m1/s1. The van der Waals surface area contributed by atoms with Crippen molar-refractivity contribution >= 4 is 11.7 Å². The molecule has 26 heavy (non-hydrogen) atoms. The lowest BCUT2D eigenvalue weighted by molar-refractivity contribution is -0.385. The van der Waals surface area contributed by atoms with Crippen LogP contribution in [0.2, 0.25) is 0 Å². The maximum atomic E-state index is 12.4. The van der Waals surface area contributed by atoms with Crippen molar-refractivity contribution in [2.45, 2.75) is 5.92 Å². The van der Waals surface area contributed by atoms with E-state index in [2.05, 4.69) is 0 Å². The quantitative estimate of drug-likeness (QED) is 0.444. The molecule has 0 aliphatic heterocycles. The second kappa shape index (κ2) is 7.98. The smallest absolute Gasteiger partial charge is 0.317 e. The highest BCUT2D eigenvalue weighted by molar-refractivity contribution is 5.83. The normalized spacial score (nSPS) is 11.2. The summed E-state index contributed by atoms with van der Waals surface area (Å²) in [5, 5.41) is 20.2. The van der Waals surface area contributed by atoms with E-state index < -0.39 is 16.8 Å². The van der Waals surface area contributed by atoms with Crippen LogP contribution in [0.3, 0.4) is 0 Å². The minimum absolute atomic E-state index is 0.137. The first-order valence-electron chi connectivity index (χ1n) is 7.45. The highest BCUT2D eigenvalue weighted by atomic mass is 16.6. The Morgan fingerprint density at radius 3 is 2.23 bits per heavy atom. The number of benzene rings is 2. The van der Waals surface area contributed by atoms with Crippen molar-refractivity contribution in [3.05, 3.63) is 63.2 Å². The van der Waals surface area contributed by atoms with Crippen LogP contribution in [0.4, 0.5) is 5.69 Å².